The molecule has 1 amide bonds. The average Bonchev–Trinajstić information content (AvgIpc) is 2.79. The number of carbonyl (C=O) groups is 1. The zero-order valence-electron chi connectivity index (χ0n) is 19.1. The van der Waals surface area contributed by atoms with Crippen LogP contribution in [0.15, 0.2) is 72.9 Å². The van der Waals surface area contributed by atoms with E-state index in [0.717, 1.165) is 23.3 Å². The molecular weight excluding hydrogens is 465 g/mol. The molecule has 0 saturated heterocycles. The van der Waals surface area contributed by atoms with E-state index in [1.165, 1.54) is 0 Å². The molecule has 34 heavy (non-hydrogen) atoms. The fraction of sp³-hybridized carbons (Fsp3) is 0.308. The van der Waals surface area contributed by atoms with Gasteiger partial charge in [0.2, 0.25) is 5.88 Å². The van der Waals surface area contributed by atoms with Crippen LogP contribution in [0.25, 0.3) is 0 Å². The van der Waals surface area contributed by atoms with E-state index < -0.39 is 23.2 Å². The van der Waals surface area contributed by atoms with Gasteiger partial charge in [-0.2, -0.15) is 13.2 Å². The minimum absolute atomic E-state index is 0.0358. The Hall–Kier alpha value is -3.06. The number of nitrogens with one attached hydrogen (secondary N) is 1. The molecule has 0 aliphatic carbocycles. The lowest BCUT2D eigenvalue weighted by Crippen LogP contribution is -2.48. The molecule has 1 aromatic heterocycles. The van der Waals surface area contributed by atoms with Crippen molar-refractivity contribution in [2.45, 2.75) is 44.4 Å². The van der Waals surface area contributed by atoms with Gasteiger partial charge in [0.05, 0.1) is 5.56 Å². The first-order valence-corrected chi connectivity index (χ1v) is 11.2. The monoisotopic (exact) mass is 490 g/mol. The molecule has 1 heterocycles. The molecule has 0 unspecified atom stereocenters. The fourth-order valence-corrected chi connectivity index (χ4v) is 3.74. The maximum Gasteiger partial charge on any atom is 0.417 e. The summed E-state index contributed by atoms with van der Waals surface area (Å²) in [5.41, 5.74) is -0.0911. The zero-order chi connectivity index (χ0) is 24.9. The second-order valence-electron chi connectivity index (χ2n) is 8.56. The molecule has 0 spiro atoms. The van der Waals surface area contributed by atoms with Crippen molar-refractivity contribution in [3.63, 3.8) is 0 Å². The number of carbonyl (C=O) groups excluding carboxylic acids is 1. The van der Waals surface area contributed by atoms with Crippen LogP contribution in [0.1, 0.15) is 49.3 Å². The Morgan fingerprint density at radius 2 is 1.65 bits per heavy atom. The number of nitrogens with zero attached hydrogens (tertiary/aromatic N) is 1. The van der Waals surface area contributed by atoms with Crippen molar-refractivity contribution >= 4 is 17.5 Å². The van der Waals surface area contributed by atoms with E-state index in [0.29, 0.717) is 17.8 Å². The number of benzene rings is 2. The summed E-state index contributed by atoms with van der Waals surface area (Å²) in [6, 6.07) is 19.4. The summed E-state index contributed by atoms with van der Waals surface area (Å²) < 4.78 is 43.9. The lowest BCUT2D eigenvalue weighted by Gasteiger charge is -2.29. The highest BCUT2D eigenvalue weighted by Gasteiger charge is 2.33. The van der Waals surface area contributed by atoms with Gasteiger partial charge in [0.1, 0.15) is 0 Å². The summed E-state index contributed by atoms with van der Waals surface area (Å²) >= 11 is 6.03. The van der Waals surface area contributed by atoms with Crippen LogP contribution >= 0.6 is 11.6 Å². The van der Waals surface area contributed by atoms with Crippen LogP contribution in [0.3, 0.4) is 0 Å². The van der Waals surface area contributed by atoms with Gasteiger partial charge in [0, 0.05) is 29.7 Å². The van der Waals surface area contributed by atoms with Gasteiger partial charge in [-0.3, -0.25) is 4.79 Å². The van der Waals surface area contributed by atoms with Crippen LogP contribution < -0.4 is 10.1 Å². The van der Waals surface area contributed by atoms with Crippen LogP contribution in [0, 0.1) is 0 Å². The summed E-state index contributed by atoms with van der Waals surface area (Å²) in [6.45, 7) is 5.50. The molecule has 0 bridgehead atoms. The maximum absolute atomic E-state index is 13.0. The van der Waals surface area contributed by atoms with Crippen LogP contribution in [0.5, 0.6) is 5.88 Å². The van der Waals surface area contributed by atoms with Crippen molar-refractivity contribution in [1.29, 1.82) is 0 Å². The Labute approximate surface area is 202 Å². The molecule has 1 N–H and O–H groups in total. The third-order valence-corrected chi connectivity index (χ3v) is 5.93. The molecule has 0 saturated carbocycles. The Morgan fingerprint density at radius 1 is 1.00 bits per heavy atom. The number of amides is 1. The van der Waals surface area contributed by atoms with E-state index >= 15 is 0 Å². The number of hydrogen-bond donors (Lipinski definition) is 1. The lowest BCUT2D eigenvalue weighted by molar-refractivity contribution is -0.138. The first-order chi connectivity index (χ1) is 16.0. The minimum Gasteiger partial charge on any atom is -0.462 e. The summed E-state index contributed by atoms with van der Waals surface area (Å²) in [5, 5.41) is 3.59. The number of aromatic nitrogens is 1. The maximum atomic E-state index is 13.0. The highest BCUT2D eigenvalue weighted by Crippen LogP contribution is 2.33. The summed E-state index contributed by atoms with van der Waals surface area (Å²) in [7, 11) is 0. The Morgan fingerprint density at radius 3 is 2.21 bits per heavy atom. The summed E-state index contributed by atoms with van der Waals surface area (Å²) in [6.07, 6.45) is -3.81. The highest BCUT2D eigenvalue weighted by molar-refractivity contribution is 6.30. The van der Waals surface area contributed by atoms with Crippen molar-refractivity contribution in [3.05, 3.63) is 94.6 Å². The van der Waals surface area contributed by atoms with Crippen LogP contribution in [-0.2, 0) is 11.0 Å². The molecule has 8 heteroatoms. The smallest absolute Gasteiger partial charge is 0.417 e. The lowest BCUT2D eigenvalue weighted by atomic mass is 9.82. The zero-order valence-corrected chi connectivity index (χ0v) is 19.8. The van der Waals surface area contributed by atoms with E-state index in [9.17, 15) is 18.0 Å². The first-order valence-electron chi connectivity index (χ1n) is 10.8. The number of alkyl halides is 3. The fourth-order valence-electron chi connectivity index (χ4n) is 3.61. The van der Waals surface area contributed by atoms with E-state index in [1.807, 2.05) is 54.6 Å². The predicted octanol–water partition coefficient (Wildman–Crippen LogP) is 6.61. The van der Waals surface area contributed by atoms with Gasteiger partial charge in [-0.1, -0.05) is 61.0 Å². The third kappa shape index (κ3) is 6.50. The normalized spacial score (nSPS) is 13.7. The predicted molar refractivity (Wildman–Crippen MR) is 126 cm³/mol. The number of ether oxygens (including phenoxy) is 1. The van der Waals surface area contributed by atoms with Crippen LogP contribution in [-0.4, -0.2) is 23.0 Å². The summed E-state index contributed by atoms with van der Waals surface area (Å²) in [4.78, 5) is 16.7. The quantitative estimate of drug-likeness (QED) is 0.386. The van der Waals surface area contributed by atoms with Crippen molar-refractivity contribution in [2.75, 3.05) is 6.54 Å². The van der Waals surface area contributed by atoms with Crippen LogP contribution in [0.2, 0.25) is 5.02 Å². The van der Waals surface area contributed by atoms with Crippen molar-refractivity contribution in [2.24, 2.45) is 0 Å². The van der Waals surface area contributed by atoms with E-state index in [1.54, 1.807) is 13.8 Å². The number of halogens is 4. The van der Waals surface area contributed by atoms with Crippen LogP contribution in [0.4, 0.5) is 13.2 Å². The van der Waals surface area contributed by atoms with Gasteiger partial charge < -0.3 is 10.1 Å². The van der Waals surface area contributed by atoms with Gasteiger partial charge in [0.15, 0.2) is 5.60 Å². The molecular formula is C26H26ClF3N2O2. The number of rotatable bonds is 8. The molecule has 3 aromatic rings. The standard InChI is InChI=1S/C26H26ClF3N2O2/c1-17(18-9-12-21(27)13-10-18)22(19-7-5-4-6-8-19)16-32-24(33)25(2,3)34-23-14-11-20(15-31-23)26(28,29)30/h4-15,17,22H,16H2,1-3H3,(H,32,33)/t17-,22+/m1/s1. The van der Waals surface area contributed by atoms with Crippen molar-refractivity contribution < 1.29 is 22.7 Å². The van der Waals surface area contributed by atoms with E-state index in [4.69, 9.17) is 16.3 Å². The molecule has 2 aromatic carbocycles. The number of pyridine rings is 1. The van der Waals surface area contributed by atoms with Gasteiger partial charge >= 0.3 is 6.18 Å². The second kappa shape index (κ2) is 10.5. The van der Waals surface area contributed by atoms with Crippen molar-refractivity contribution in [1.82, 2.24) is 10.3 Å². The van der Waals surface area contributed by atoms with E-state index in [-0.39, 0.29) is 17.7 Å². The highest BCUT2D eigenvalue weighted by atomic mass is 35.5. The average molecular weight is 491 g/mol. The molecule has 3 rings (SSSR count). The minimum atomic E-state index is -4.49. The SMILES string of the molecule is C[C@H](c1ccc(Cl)cc1)[C@H](CNC(=O)C(C)(C)Oc1ccc(C(F)(F)F)cn1)c1ccccc1. The molecule has 0 aliphatic heterocycles. The van der Waals surface area contributed by atoms with Gasteiger partial charge in [-0.25, -0.2) is 4.98 Å². The van der Waals surface area contributed by atoms with Crippen molar-refractivity contribution in [3.8, 4) is 5.88 Å². The van der Waals surface area contributed by atoms with Gasteiger partial charge in [-0.15, -0.1) is 0 Å². The first kappa shape index (κ1) is 25.6. The van der Waals surface area contributed by atoms with Gasteiger partial charge in [0.25, 0.3) is 5.91 Å². The molecule has 0 aliphatic rings. The molecule has 0 radical (unpaired) electrons. The Kier molecular flexibility index (Phi) is 7.87. The Bertz CT molecular complexity index is 1090. The van der Waals surface area contributed by atoms with E-state index in [2.05, 4.69) is 17.2 Å². The summed E-state index contributed by atoms with van der Waals surface area (Å²) in [5.74, 6) is -0.437. The second-order valence-corrected chi connectivity index (χ2v) is 9.00. The van der Waals surface area contributed by atoms with Gasteiger partial charge in [-0.05, 0) is 49.1 Å². The molecule has 2 atom stereocenters. The topological polar surface area (TPSA) is 51.2 Å². The largest absolute Gasteiger partial charge is 0.462 e. The Balaban J connectivity index is 1.72. The third-order valence-electron chi connectivity index (χ3n) is 5.68. The molecule has 0 fully saturated rings. The molecule has 4 nitrogen and oxygen atoms in total. The number of hydrogen-bond acceptors (Lipinski definition) is 3. The molecule has 180 valence electrons.